The molecule has 3 N–H and O–H groups in total. The summed E-state index contributed by atoms with van der Waals surface area (Å²) in [6, 6.07) is 0. The summed E-state index contributed by atoms with van der Waals surface area (Å²) in [6.07, 6.45) is -4.77. The summed E-state index contributed by atoms with van der Waals surface area (Å²) in [5.74, 6) is 4.74. The highest BCUT2D eigenvalue weighted by Crippen LogP contribution is 2.20. The van der Waals surface area contributed by atoms with E-state index in [2.05, 4.69) is 5.43 Å². The van der Waals surface area contributed by atoms with E-state index in [9.17, 15) is 13.2 Å². The monoisotopic (exact) mass is 142 g/mol. The highest BCUT2D eigenvalue weighted by molar-refractivity contribution is 4.50. The molecule has 0 fully saturated rings. The molecule has 0 rings (SSSR count). The molecule has 0 unspecified atom stereocenters. The van der Waals surface area contributed by atoms with Gasteiger partial charge in [-0.1, -0.05) is 0 Å². The van der Waals surface area contributed by atoms with Crippen LogP contribution in [0.4, 0.5) is 13.2 Å². The largest absolute Gasteiger partial charge is 0.389 e. The lowest BCUT2D eigenvalue weighted by Gasteiger charge is -2.03. The molecule has 0 heterocycles. The van der Waals surface area contributed by atoms with Gasteiger partial charge < -0.3 is 0 Å². The smallest absolute Gasteiger partial charge is 0.271 e. The first-order chi connectivity index (χ1) is 4.06. The summed E-state index contributed by atoms with van der Waals surface area (Å²) in [5.41, 5.74) is 2.14. The molecule has 0 aromatic rings. The Morgan fingerprint density at radius 3 is 2.22 bits per heavy atom. The molecular weight excluding hydrogens is 133 g/mol. The second kappa shape index (κ2) is 3.68. The van der Waals surface area contributed by atoms with E-state index in [1.165, 1.54) is 0 Å². The summed E-state index contributed by atoms with van der Waals surface area (Å²) in [5, 5.41) is 0. The van der Waals surface area contributed by atoms with Gasteiger partial charge in [0.05, 0.1) is 0 Å². The molecule has 0 aromatic carbocycles. The quantitative estimate of drug-likeness (QED) is 0.347. The molecule has 56 valence electrons. The average molecular weight is 142 g/mol. The summed E-state index contributed by atoms with van der Waals surface area (Å²) < 4.78 is 33.9. The van der Waals surface area contributed by atoms with Gasteiger partial charge in [0, 0.05) is 13.0 Å². The summed E-state index contributed by atoms with van der Waals surface area (Å²) in [7, 11) is 0. The fourth-order valence-electron chi connectivity index (χ4n) is 0.391. The van der Waals surface area contributed by atoms with Crippen molar-refractivity contribution >= 4 is 0 Å². The van der Waals surface area contributed by atoms with Crippen LogP contribution in [0.2, 0.25) is 0 Å². The third-order valence-electron chi connectivity index (χ3n) is 0.781. The van der Waals surface area contributed by atoms with Crippen LogP contribution in [0.15, 0.2) is 0 Å². The Balaban J connectivity index is 3.07. The molecule has 0 aliphatic rings. The van der Waals surface area contributed by atoms with Crippen LogP contribution >= 0.6 is 0 Å². The number of hydrogen-bond donors (Lipinski definition) is 2. The molecule has 0 bridgehead atoms. The van der Waals surface area contributed by atoms with Gasteiger partial charge in [0.15, 0.2) is 0 Å². The number of hydrogen-bond acceptors (Lipinski definition) is 2. The summed E-state index contributed by atoms with van der Waals surface area (Å²) in [6.45, 7) is 0.208. The fraction of sp³-hybridized carbons (Fsp3) is 1.00. The van der Waals surface area contributed by atoms with Gasteiger partial charge in [-0.05, 0) is 6.42 Å². The second-order valence-corrected chi connectivity index (χ2v) is 1.67. The zero-order valence-electron chi connectivity index (χ0n) is 4.83. The van der Waals surface area contributed by atoms with Crippen LogP contribution in [0.1, 0.15) is 12.8 Å². The molecule has 2 nitrogen and oxygen atoms in total. The van der Waals surface area contributed by atoms with Gasteiger partial charge in [-0.2, -0.15) is 13.2 Å². The molecule has 0 aliphatic heterocycles. The Morgan fingerprint density at radius 1 is 1.33 bits per heavy atom. The van der Waals surface area contributed by atoms with Crippen molar-refractivity contribution < 1.29 is 13.2 Å². The van der Waals surface area contributed by atoms with Gasteiger partial charge in [-0.3, -0.25) is 11.3 Å². The first-order valence-electron chi connectivity index (χ1n) is 2.56. The van der Waals surface area contributed by atoms with Crippen molar-refractivity contribution in [3.8, 4) is 0 Å². The number of alkyl halides is 3. The maximum absolute atomic E-state index is 11.3. The van der Waals surface area contributed by atoms with E-state index in [0.717, 1.165) is 0 Å². The molecule has 0 saturated carbocycles. The van der Waals surface area contributed by atoms with Crippen molar-refractivity contribution in [2.75, 3.05) is 6.54 Å². The van der Waals surface area contributed by atoms with Crippen LogP contribution in [0.3, 0.4) is 0 Å². The highest BCUT2D eigenvalue weighted by atomic mass is 19.4. The number of rotatable bonds is 3. The molecular formula is C4H9F3N2. The van der Waals surface area contributed by atoms with Crippen LogP contribution in [-0.4, -0.2) is 12.7 Å². The van der Waals surface area contributed by atoms with Crippen LogP contribution in [-0.2, 0) is 0 Å². The third kappa shape index (κ3) is 7.71. The van der Waals surface area contributed by atoms with E-state index in [1.807, 2.05) is 0 Å². The minimum absolute atomic E-state index is 0.0417. The van der Waals surface area contributed by atoms with Gasteiger partial charge in [0.2, 0.25) is 0 Å². The lowest BCUT2D eigenvalue weighted by atomic mass is 10.3. The van der Waals surface area contributed by atoms with Crippen molar-refractivity contribution in [1.82, 2.24) is 5.43 Å². The Kier molecular flexibility index (Phi) is 3.56. The Hall–Kier alpha value is -0.290. The van der Waals surface area contributed by atoms with E-state index < -0.39 is 12.6 Å². The molecule has 9 heavy (non-hydrogen) atoms. The molecule has 0 aromatic heterocycles. The Labute approximate surface area is 51.2 Å². The molecule has 5 heteroatoms. The van der Waals surface area contributed by atoms with Crippen molar-refractivity contribution in [3.05, 3.63) is 0 Å². The zero-order valence-corrected chi connectivity index (χ0v) is 4.83. The number of nitrogens with two attached hydrogens (primary N) is 1. The van der Waals surface area contributed by atoms with E-state index in [-0.39, 0.29) is 13.0 Å². The molecule has 0 saturated heterocycles. The number of hydrazine groups is 1. The Morgan fingerprint density at radius 2 is 1.89 bits per heavy atom. The maximum atomic E-state index is 11.3. The number of nitrogens with one attached hydrogen (secondary N) is 1. The minimum Gasteiger partial charge on any atom is -0.271 e. The summed E-state index contributed by atoms with van der Waals surface area (Å²) in [4.78, 5) is 0. The Bertz CT molecular complexity index is 70.7. The van der Waals surface area contributed by atoms with E-state index in [1.54, 1.807) is 0 Å². The zero-order chi connectivity index (χ0) is 7.33. The second-order valence-electron chi connectivity index (χ2n) is 1.67. The van der Waals surface area contributed by atoms with Crippen molar-refractivity contribution in [1.29, 1.82) is 0 Å². The lowest BCUT2D eigenvalue weighted by molar-refractivity contribution is -0.135. The fourth-order valence-corrected chi connectivity index (χ4v) is 0.391. The standard InChI is InChI=1S/C4H9F3N2/c5-4(6,7)2-1-3-9-8/h9H,1-3,8H2. The van der Waals surface area contributed by atoms with Gasteiger partial charge >= 0.3 is 6.18 Å². The topological polar surface area (TPSA) is 38.0 Å². The molecule has 0 radical (unpaired) electrons. The van der Waals surface area contributed by atoms with Gasteiger partial charge in [-0.25, -0.2) is 0 Å². The minimum atomic E-state index is -4.04. The predicted octanol–water partition coefficient (Wildman–Crippen LogP) is 0.792. The summed E-state index contributed by atoms with van der Waals surface area (Å²) >= 11 is 0. The van der Waals surface area contributed by atoms with E-state index in [4.69, 9.17) is 5.84 Å². The normalized spacial score (nSPS) is 12.0. The molecule has 0 atom stereocenters. The van der Waals surface area contributed by atoms with Crippen molar-refractivity contribution in [2.24, 2.45) is 5.84 Å². The highest BCUT2D eigenvalue weighted by Gasteiger charge is 2.25. The third-order valence-corrected chi connectivity index (χ3v) is 0.781. The van der Waals surface area contributed by atoms with Gasteiger partial charge in [0.25, 0.3) is 0 Å². The van der Waals surface area contributed by atoms with Gasteiger partial charge in [-0.15, -0.1) is 0 Å². The predicted molar refractivity (Wildman–Crippen MR) is 27.5 cm³/mol. The maximum Gasteiger partial charge on any atom is 0.389 e. The van der Waals surface area contributed by atoms with Crippen LogP contribution in [0.5, 0.6) is 0 Å². The average Bonchev–Trinajstić information content (AvgIpc) is 1.63. The van der Waals surface area contributed by atoms with Crippen molar-refractivity contribution in [2.45, 2.75) is 19.0 Å². The first kappa shape index (κ1) is 8.71. The molecule has 0 amide bonds. The van der Waals surface area contributed by atoms with Crippen LogP contribution in [0, 0.1) is 0 Å². The van der Waals surface area contributed by atoms with Crippen LogP contribution in [0.25, 0.3) is 0 Å². The SMILES string of the molecule is NNCCCC(F)(F)F. The first-order valence-corrected chi connectivity index (χ1v) is 2.56. The lowest BCUT2D eigenvalue weighted by Crippen LogP contribution is -2.24. The molecule has 0 aliphatic carbocycles. The van der Waals surface area contributed by atoms with Gasteiger partial charge in [0.1, 0.15) is 0 Å². The molecule has 0 spiro atoms. The number of halogens is 3. The van der Waals surface area contributed by atoms with E-state index >= 15 is 0 Å². The van der Waals surface area contributed by atoms with E-state index in [0.29, 0.717) is 0 Å². The van der Waals surface area contributed by atoms with Crippen molar-refractivity contribution in [3.63, 3.8) is 0 Å². The van der Waals surface area contributed by atoms with Crippen LogP contribution < -0.4 is 11.3 Å².